The largest absolute Gasteiger partial charge is 0.370 e. The summed E-state index contributed by atoms with van der Waals surface area (Å²) in [4.78, 5) is 9.85. The molecule has 0 aliphatic rings. The number of nitrogens with one attached hydrogen (secondary N) is 1. The number of nitrogens with two attached hydrogens (primary N) is 1. The van der Waals surface area contributed by atoms with Gasteiger partial charge in [0.15, 0.2) is 5.96 Å². The van der Waals surface area contributed by atoms with Crippen LogP contribution in [0.25, 0.3) is 0 Å². The molecule has 2 rings (SSSR count). The molecule has 0 aromatic carbocycles. The van der Waals surface area contributed by atoms with Gasteiger partial charge in [0.25, 0.3) is 0 Å². The molecule has 2 aromatic heterocycles. The summed E-state index contributed by atoms with van der Waals surface area (Å²) in [6.07, 6.45) is 1.71. The second-order valence-electron chi connectivity index (χ2n) is 4.90. The van der Waals surface area contributed by atoms with Crippen LogP contribution >= 0.6 is 35.3 Å². The van der Waals surface area contributed by atoms with Crippen molar-refractivity contribution in [3.63, 3.8) is 0 Å². The molecule has 6 heteroatoms. The number of pyridine rings is 1. The third-order valence-corrected chi connectivity index (χ3v) is 3.99. The maximum atomic E-state index is 5.87. The Morgan fingerprint density at radius 3 is 2.75 bits per heavy atom. The monoisotopic (exact) mass is 402 g/mol. The Morgan fingerprint density at radius 2 is 2.15 bits per heavy atom. The van der Waals surface area contributed by atoms with E-state index < -0.39 is 0 Å². The minimum absolute atomic E-state index is 0. The number of aliphatic imine (C=N–C) groups is 1. The first-order chi connectivity index (χ1) is 9.08. The van der Waals surface area contributed by atoms with Crippen LogP contribution in [0.4, 0.5) is 5.82 Å². The molecule has 0 saturated heterocycles. The number of anilines is 1. The van der Waals surface area contributed by atoms with Gasteiger partial charge in [0.1, 0.15) is 5.82 Å². The molecule has 0 spiro atoms. The highest BCUT2D eigenvalue weighted by molar-refractivity contribution is 14.0. The summed E-state index contributed by atoms with van der Waals surface area (Å²) in [6.45, 7) is 4.96. The normalized spacial score (nSPS) is 11.8. The maximum absolute atomic E-state index is 5.87. The fourth-order valence-corrected chi connectivity index (χ4v) is 2.48. The Kier molecular flexibility index (Phi) is 6.41. The Labute approximate surface area is 140 Å². The van der Waals surface area contributed by atoms with E-state index in [1.54, 1.807) is 17.5 Å². The summed E-state index contributed by atoms with van der Waals surface area (Å²) >= 11 is 1.74. The highest BCUT2D eigenvalue weighted by atomic mass is 127. The predicted octanol–water partition coefficient (Wildman–Crippen LogP) is 3.47. The number of hydrogen-bond acceptors (Lipinski definition) is 3. The molecule has 4 nitrogen and oxygen atoms in total. The molecule has 0 aliphatic carbocycles. The Morgan fingerprint density at radius 1 is 1.35 bits per heavy atom. The van der Waals surface area contributed by atoms with Crippen molar-refractivity contribution in [3.8, 4) is 0 Å². The van der Waals surface area contributed by atoms with Crippen LogP contribution in [0.2, 0.25) is 0 Å². The molecule has 2 aromatic rings. The van der Waals surface area contributed by atoms with Gasteiger partial charge in [-0.05, 0) is 23.6 Å². The summed E-state index contributed by atoms with van der Waals surface area (Å²) in [7, 11) is 0. The van der Waals surface area contributed by atoms with Crippen molar-refractivity contribution in [1.82, 2.24) is 4.98 Å². The lowest BCUT2D eigenvalue weighted by atomic mass is 9.92. The lowest BCUT2D eigenvalue weighted by Gasteiger charge is -2.20. The van der Waals surface area contributed by atoms with Crippen molar-refractivity contribution in [2.45, 2.75) is 19.3 Å². The zero-order valence-corrected chi connectivity index (χ0v) is 14.7. The third-order valence-electron chi connectivity index (χ3n) is 2.75. The summed E-state index contributed by atoms with van der Waals surface area (Å²) in [5.74, 6) is 1.10. The topological polar surface area (TPSA) is 63.3 Å². The van der Waals surface area contributed by atoms with Gasteiger partial charge in [0, 0.05) is 16.5 Å². The van der Waals surface area contributed by atoms with E-state index in [0.29, 0.717) is 18.3 Å². The lowest BCUT2D eigenvalue weighted by molar-refractivity contribution is 0.551. The van der Waals surface area contributed by atoms with Crippen LogP contribution in [0, 0.1) is 0 Å². The number of nitrogens with zero attached hydrogens (tertiary/aromatic N) is 2. The number of rotatable bonds is 4. The Bertz CT molecular complexity index is 538. The molecule has 20 heavy (non-hydrogen) atoms. The van der Waals surface area contributed by atoms with Crippen LogP contribution in [-0.4, -0.2) is 17.5 Å². The highest BCUT2D eigenvalue weighted by Gasteiger charge is 2.21. The van der Waals surface area contributed by atoms with Crippen LogP contribution in [0.5, 0.6) is 0 Å². The molecule has 3 N–H and O–H groups in total. The second kappa shape index (κ2) is 7.58. The van der Waals surface area contributed by atoms with Crippen molar-refractivity contribution < 1.29 is 0 Å². The maximum Gasteiger partial charge on any atom is 0.194 e. The zero-order chi connectivity index (χ0) is 13.7. The van der Waals surface area contributed by atoms with E-state index in [-0.39, 0.29) is 29.4 Å². The predicted molar refractivity (Wildman–Crippen MR) is 97.1 cm³/mol. The van der Waals surface area contributed by atoms with Crippen molar-refractivity contribution in [2.24, 2.45) is 10.7 Å². The van der Waals surface area contributed by atoms with Crippen LogP contribution in [0.1, 0.15) is 18.7 Å². The van der Waals surface area contributed by atoms with E-state index >= 15 is 0 Å². The minimum atomic E-state index is -0.00934. The number of guanidine groups is 1. The van der Waals surface area contributed by atoms with Gasteiger partial charge in [-0.1, -0.05) is 26.0 Å². The average Bonchev–Trinajstić information content (AvgIpc) is 2.92. The van der Waals surface area contributed by atoms with Gasteiger partial charge < -0.3 is 11.1 Å². The number of thiophene rings is 1. The highest BCUT2D eigenvalue weighted by Crippen LogP contribution is 2.27. The average molecular weight is 402 g/mol. The van der Waals surface area contributed by atoms with E-state index in [0.717, 1.165) is 0 Å². The Balaban J connectivity index is 0.00000200. The first-order valence-electron chi connectivity index (χ1n) is 6.10. The van der Waals surface area contributed by atoms with Crippen LogP contribution in [0.15, 0.2) is 46.9 Å². The van der Waals surface area contributed by atoms with Crippen LogP contribution in [0.3, 0.4) is 0 Å². The quantitative estimate of drug-likeness (QED) is 0.468. The fourth-order valence-electron chi connectivity index (χ4n) is 1.63. The van der Waals surface area contributed by atoms with Crippen molar-refractivity contribution >= 4 is 47.1 Å². The third kappa shape index (κ3) is 4.75. The second-order valence-corrected chi connectivity index (χ2v) is 5.85. The number of halogens is 1. The van der Waals surface area contributed by atoms with Gasteiger partial charge in [0.05, 0.1) is 6.54 Å². The van der Waals surface area contributed by atoms with Crippen molar-refractivity contribution in [1.29, 1.82) is 0 Å². The van der Waals surface area contributed by atoms with Crippen LogP contribution < -0.4 is 11.1 Å². The molecule has 0 fully saturated rings. The van der Waals surface area contributed by atoms with Gasteiger partial charge in [-0.15, -0.1) is 35.3 Å². The zero-order valence-electron chi connectivity index (χ0n) is 11.5. The molecule has 0 bridgehead atoms. The number of aromatic nitrogens is 1. The molecule has 0 amide bonds. The smallest absolute Gasteiger partial charge is 0.194 e. The molecular formula is C14H19IN4S. The van der Waals surface area contributed by atoms with Crippen LogP contribution in [-0.2, 0) is 5.41 Å². The van der Waals surface area contributed by atoms with E-state index in [1.165, 1.54) is 4.88 Å². The fraction of sp³-hybridized carbons (Fsp3) is 0.286. The molecule has 2 heterocycles. The van der Waals surface area contributed by atoms with E-state index in [2.05, 4.69) is 46.7 Å². The molecule has 0 radical (unpaired) electrons. The van der Waals surface area contributed by atoms with Crippen molar-refractivity contribution in [3.05, 3.63) is 46.8 Å². The van der Waals surface area contributed by atoms with E-state index in [4.69, 9.17) is 5.73 Å². The SMILES string of the molecule is CC(C)(CN=C(N)Nc1ccccn1)c1cccs1.I. The molecule has 108 valence electrons. The summed E-state index contributed by atoms with van der Waals surface area (Å²) < 4.78 is 0. The summed E-state index contributed by atoms with van der Waals surface area (Å²) in [5, 5.41) is 5.06. The molecule has 0 unspecified atom stereocenters. The molecule has 0 atom stereocenters. The first-order valence-corrected chi connectivity index (χ1v) is 6.98. The summed E-state index contributed by atoms with van der Waals surface area (Å²) in [6, 6.07) is 9.80. The molecule has 0 saturated carbocycles. The Hall–Kier alpha value is -1.15. The minimum Gasteiger partial charge on any atom is -0.370 e. The van der Waals surface area contributed by atoms with Gasteiger partial charge in [-0.2, -0.15) is 0 Å². The van der Waals surface area contributed by atoms with Gasteiger partial charge >= 0.3 is 0 Å². The molecule has 0 aliphatic heterocycles. The number of hydrogen-bond donors (Lipinski definition) is 2. The van der Waals surface area contributed by atoms with Gasteiger partial charge in [-0.25, -0.2) is 4.98 Å². The van der Waals surface area contributed by atoms with Crippen molar-refractivity contribution in [2.75, 3.05) is 11.9 Å². The first kappa shape index (κ1) is 16.9. The van der Waals surface area contributed by atoms with E-state index in [1.807, 2.05) is 18.2 Å². The molecular weight excluding hydrogens is 383 g/mol. The standard InChI is InChI=1S/C14H18N4S.HI/c1-14(2,11-6-5-9-19-11)10-17-13(15)18-12-7-3-4-8-16-12;/h3-9H,10H2,1-2H3,(H3,15,16,17,18);1H. The lowest BCUT2D eigenvalue weighted by Crippen LogP contribution is -2.27. The van der Waals surface area contributed by atoms with Gasteiger partial charge in [0.2, 0.25) is 0 Å². The van der Waals surface area contributed by atoms with E-state index in [9.17, 15) is 0 Å². The summed E-state index contributed by atoms with van der Waals surface area (Å²) in [5.41, 5.74) is 5.86. The van der Waals surface area contributed by atoms with Gasteiger partial charge in [-0.3, -0.25) is 4.99 Å².